The fourth-order valence-corrected chi connectivity index (χ4v) is 5.10. The number of hydrogen-bond donors (Lipinski definition) is 3. The lowest BCUT2D eigenvalue weighted by atomic mass is 10.0. The van der Waals surface area contributed by atoms with E-state index in [9.17, 15) is 32.3 Å². The standard InChI is InChI=1S/C28H32FN3O6S/c1-3-19(4-2)17-32-18-22(9-14-25(32)28(35)36)27(34)31-39(37,38)24-12-5-20(6-13-24)15-16-30-26(33)21-7-10-23(29)11-8-21/h5-14,19H,3-4,15-18H2,1-2H3,(H,30,33)(H,31,34)(H,35,36). The molecule has 3 N–H and O–H groups in total. The van der Waals surface area contributed by atoms with E-state index in [4.69, 9.17) is 0 Å². The highest BCUT2D eigenvalue weighted by Gasteiger charge is 2.27. The molecule has 1 aliphatic heterocycles. The summed E-state index contributed by atoms with van der Waals surface area (Å²) in [5, 5.41) is 12.2. The van der Waals surface area contributed by atoms with Crippen LogP contribution in [-0.4, -0.2) is 55.8 Å². The summed E-state index contributed by atoms with van der Waals surface area (Å²) in [6, 6.07) is 11.1. The van der Waals surface area contributed by atoms with Crippen LogP contribution in [0.5, 0.6) is 0 Å². The quantitative estimate of drug-likeness (QED) is 0.365. The van der Waals surface area contributed by atoms with Crippen molar-refractivity contribution in [2.75, 3.05) is 19.6 Å². The Kier molecular flexibility index (Phi) is 10.00. The van der Waals surface area contributed by atoms with Crippen LogP contribution in [0.15, 0.2) is 76.8 Å². The minimum Gasteiger partial charge on any atom is -0.477 e. The molecule has 0 radical (unpaired) electrons. The number of carboxylic acids is 1. The maximum Gasteiger partial charge on any atom is 0.352 e. The first-order chi connectivity index (χ1) is 18.5. The summed E-state index contributed by atoms with van der Waals surface area (Å²) in [4.78, 5) is 38.1. The van der Waals surface area contributed by atoms with Gasteiger partial charge in [0.2, 0.25) is 0 Å². The number of carbonyl (C=O) groups excluding carboxylic acids is 2. The van der Waals surface area contributed by atoms with E-state index in [0.717, 1.165) is 18.4 Å². The number of aliphatic carboxylic acids is 1. The molecule has 3 rings (SSSR count). The molecule has 1 aliphatic rings. The van der Waals surface area contributed by atoms with Crippen LogP contribution in [0, 0.1) is 11.7 Å². The van der Waals surface area contributed by atoms with Gasteiger partial charge in [-0.15, -0.1) is 0 Å². The Morgan fingerprint density at radius 2 is 1.62 bits per heavy atom. The van der Waals surface area contributed by atoms with Crippen LogP contribution >= 0.6 is 0 Å². The van der Waals surface area contributed by atoms with Crippen LogP contribution in [0.1, 0.15) is 42.6 Å². The average Bonchev–Trinajstić information content (AvgIpc) is 2.91. The lowest BCUT2D eigenvalue weighted by Crippen LogP contribution is -2.40. The third-order valence-corrected chi connectivity index (χ3v) is 7.90. The van der Waals surface area contributed by atoms with E-state index in [1.807, 2.05) is 13.8 Å². The molecule has 2 aromatic carbocycles. The molecular formula is C28H32FN3O6S. The zero-order chi connectivity index (χ0) is 28.6. The van der Waals surface area contributed by atoms with Crippen molar-refractivity contribution >= 4 is 27.8 Å². The van der Waals surface area contributed by atoms with Crippen LogP contribution in [0.2, 0.25) is 0 Å². The average molecular weight is 558 g/mol. The van der Waals surface area contributed by atoms with Gasteiger partial charge in [-0.1, -0.05) is 38.8 Å². The number of benzene rings is 2. The molecule has 0 aliphatic carbocycles. The molecule has 39 heavy (non-hydrogen) atoms. The lowest BCUT2D eigenvalue weighted by Gasteiger charge is -2.31. The molecular weight excluding hydrogens is 525 g/mol. The van der Waals surface area contributed by atoms with Crippen LogP contribution in [0.25, 0.3) is 0 Å². The second-order valence-electron chi connectivity index (χ2n) is 9.20. The van der Waals surface area contributed by atoms with Gasteiger partial charge in [0.25, 0.3) is 21.8 Å². The van der Waals surface area contributed by atoms with Crippen molar-refractivity contribution in [3.05, 3.63) is 88.9 Å². The summed E-state index contributed by atoms with van der Waals surface area (Å²) in [5.74, 6) is -2.49. The Hall–Kier alpha value is -3.99. The van der Waals surface area contributed by atoms with Gasteiger partial charge in [-0.25, -0.2) is 22.3 Å². The fraction of sp³-hybridized carbons (Fsp3) is 0.321. The van der Waals surface area contributed by atoms with Gasteiger partial charge in [-0.3, -0.25) is 9.59 Å². The molecule has 0 atom stereocenters. The Bertz CT molecular complexity index is 1370. The summed E-state index contributed by atoms with van der Waals surface area (Å²) in [6.45, 7) is 4.72. The first kappa shape index (κ1) is 29.6. The van der Waals surface area contributed by atoms with Crippen molar-refractivity contribution in [1.29, 1.82) is 0 Å². The first-order valence-corrected chi connectivity index (χ1v) is 14.1. The predicted octanol–water partition coefficient (Wildman–Crippen LogP) is 3.25. The van der Waals surface area contributed by atoms with Crippen molar-refractivity contribution < 1.29 is 32.3 Å². The molecule has 208 valence electrons. The van der Waals surface area contributed by atoms with Crippen LogP contribution in [0.4, 0.5) is 4.39 Å². The van der Waals surface area contributed by atoms with Crippen LogP contribution < -0.4 is 10.0 Å². The molecule has 0 saturated heterocycles. The number of rotatable bonds is 12. The number of hydrogen-bond acceptors (Lipinski definition) is 6. The molecule has 0 saturated carbocycles. The third kappa shape index (κ3) is 8.00. The maximum atomic E-state index is 13.0. The summed E-state index contributed by atoms with van der Waals surface area (Å²) in [7, 11) is -4.18. The Labute approximate surface area is 227 Å². The number of carbonyl (C=O) groups is 3. The van der Waals surface area contributed by atoms with E-state index in [0.29, 0.717) is 18.5 Å². The van der Waals surface area contributed by atoms with Gasteiger partial charge in [-0.05, 0) is 66.5 Å². The van der Waals surface area contributed by atoms with Crippen LogP contribution in [0.3, 0.4) is 0 Å². The summed E-state index contributed by atoms with van der Waals surface area (Å²) in [6.07, 6.45) is 4.77. The lowest BCUT2D eigenvalue weighted by molar-refractivity contribution is -0.134. The van der Waals surface area contributed by atoms with E-state index < -0.39 is 27.7 Å². The molecule has 0 bridgehead atoms. The Morgan fingerprint density at radius 3 is 2.21 bits per heavy atom. The van der Waals surface area contributed by atoms with E-state index in [2.05, 4.69) is 10.0 Å². The number of allylic oxidation sites excluding steroid dienone is 2. The number of sulfonamides is 1. The zero-order valence-corrected chi connectivity index (χ0v) is 22.6. The van der Waals surface area contributed by atoms with Gasteiger partial charge in [0.05, 0.1) is 4.90 Å². The maximum absolute atomic E-state index is 13.0. The van der Waals surface area contributed by atoms with Crippen molar-refractivity contribution in [2.24, 2.45) is 5.92 Å². The predicted molar refractivity (Wildman–Crippen MR) is 144 cm³/mol. The Balaban J connectivity index is 1.60. The van der Waals surface area contributed by atoms with Crippen molar-refractivity contribution in [3.8, 4) is 0 Å². The largest absolute Gasteiger partial charge is 0.477 e. The number of halogens is 1. The molecule has 1 heterocycles. The van der Waals surface area contributed by atoms with Gasteiger partial charge in [0.15, 0.2) is 0 Å². The summed E-state index contributed by atoms with van der Waals surface area (Å²) < 4.78 is 40.7. The van der Waals surface area contributed by atoms with Gasteiger partial charge < -0.3 is 15.3 Å². The topological polar surface area (TPSA) is 133 Å². The van der Waals surface area contributed by atoms with Gasteiger partial charge >= 0.3 is 5.97 Å². The van der Waals surface area contributed by atoms with Crippen molar-refractivity contribution in [1.82, 2.24) is 14.9 Å². The van der Waals surface area contributed by atoms with Gasteiger partial charge in [0, 0.05) is 30.8 Å². The van der Waals surface area contributed by atoms with E-state index >= 15 is 0 Å². The zero-order valence-electron chi connectivity index (χ0n) is 21.8. The first-order valence-electron chi connectivity index (χ1n) is 12.6. The molecule has 2 aromatic rings. The van der Waals surface area contributed by atoms with Crippen molar-refractivity contribution in [2.45, 2.75) is 38.0 Å². The molecule has 2 amide bonds. The molecule has 11 heteroatoms. The Morgan fingerprint density at radius 1 is 0.974 bits per heavy atom. The van der Waals surface area contributed by atoms with Crippen molar-refractivity contribution in [3.63, 3.8) is 0 Å². The molecule has 0 fully saturated rings. The fourth-order valence-electron chi connectivity index (χ4n) is 4.11. The number of nitrogens with one attached hydrogen (secondary N) is 2. The molecule has 0 aromatic heterocycles. The SMILES string of the molecule is CCC(CC)CN1CC(C(=O)NS(=O)(=O)c2ccc(CCNC(=O)c3ccc(F)cc3)cc2)=CC=C1C(=O)O. The highest BCUT2D eigenvalue weighted by atomic mass is 32.2. The highest BCUT2D eigenvalue weighted by Crippen LogP contribution is 2.21. The van der Waals surface area contributed by atoms with Gasteiger partial charge in [-0.2, -0.15) is 0 Å². The normalized spacial score (nSPS) is 13.5. The van der Waals surface area contributed by atoms with Gasteiger partial charge in [0.1, 0.15) is 11.5 Å². The molecule has 9 nitrogen and oxygen atoms in total. The van der Waals surface area contributed by atoms with E-state index in [1.165, 1.54) is 48.6 Å². The summed E-state index contributed by atoms with van der Waals surface area (Å²) >= 11 is 0. The summed E-state index contributed by atoms with van der Waals surface area (Å²) in [5.41, 5.74) is 1.29. The number of amides is 2. The second-order valence-corrected chi connectivity index (χ2v) is 10.9. The number of carboxylic acid groups (broad SMARTS) is 1. The number of nitrogens with zero attached hydrogens (tertiary/aromatic N) is 1. The minimum absolute atomic E-state index is 0.0153. The highest BCUT2D eigenvalue weighted by molar-refractivity contribution is 7.90. The second kappa shape index (κ2) is 13.2. The monoisotopic (exact) mass is 557 g/mol. The molecule has 0 unspecified atom stereocenters. The van der Waals surface area contributed by atoms with E-state index in [-0.39, 0.29) is 41.1 Å². The van der Waals surface area contributed by atoms with Crippen LogP contribution in [-0.2, 0) is 26.0 Å². The molecule has 0 spiro atoms. The third-order valence-electron chi connectivity index (χ3n) is 6.55. The van der Waals surface area contributed by atoms with E-state index in [1.54, 1.807) is 17.0 Å². The minimum atomic E-state index is -4.18. The smallest absolute Gasteiger partial charge is 0.352 e.